The van der Waals surface area contributed by atoms with Crippen molar-refractivity contribution in [3.8, 4) is 0 Å². The smallest absolute Gasteiger partial charge is 0.314 e. The van der Waals surface area contributed by atoms with E-state index in [1.165, 1.54) is 0 Å². The molecule has 0 aliphatic heterocycles. The van der Waals surface area contributed by atoms with Crippen LogP contribution in [-0.4, -0.2) is 40.8 Å². The van der Waals surface area contributed by atoms with E-state index < -0.39 is 6.36 Å². The molecule has 0 atom stereocenters. The predicted octanol–water partition coefficient (Wildman–Crippen LogP) is 0.484. The van der Waals surface area contributed by atoms with Crippen LogP contribution in [0.25, 0.3) is 0 Å². The fraction of sp³-hybridized carbons (Fsp3) is 0.750. The van der Waals surface area contributed by atoms with E-state index in [2.05, 4.69) is 20.1 Å². The number of ether oxygens (including phenoxy) is 1. The van der Waals surface area contributed by atoms with Crippen LogP contribution < -0.4 is 5.32 Å². The van der Waals surface area contributed by atoms with Crippen molar-refractivity contribution in [2.24, 2.45) is 7.05 Å². The van der Waals surface area contributed by atoms with Crippen molar-refractivity contribution in [2.45, 2.75) is 12.8 Å². The predicted molar refractivity (Wildman–Crippen MR) is 49.6 cm³/mol. The third kappa shape index (κ3) is 5.66. The molecular weight excluding hydrogens is 225 g/mol. The molecule has 1 aromatic rings. The minimum atomic E-state index is -4.55. The van der Waals surface area contributed by atoms with Gasteiger partial charge in [0.2, 0.25) is 0 Å². The molecule has 0 radical (unpaired) electrons. The molecule has 1 aromatic heterocycles. The zero-order chi connectivity index (χ0) is 12.0. The zero-order valence-electron chi connectivity index (χ0n) is 8.79. The molecule has 1 heterocycles. The van der Waals surface area contributed by atoms with Crippen LogP contribution in [0.15, 0.2) is 6.33 Å². The molecule has 1 rings (SSSR count). The highest BCUT2D eigenvalue weighted by Crippen LogP contribution is 2.14. The molecule has 16 heavy (non-hydrogen) atoms. The Kier molecular flexibility index (Phi) is 4.69. The summed E-state index contributed by atoms with van der Waals surface area (Å²) >= 11 is 0. The van der Waals surface area contributed by atoms with E-state index in [9.17, 15) is 13.2 Å². The average molecular weight is 238 g/mol. The molecule has 8 heteroatoms. The van der Waals surface area contributed by atoms with Crippen molar-refractivity contribution in [3.63, 3.8) is 0 Å². The first-order chi connectivity index (χ1) is 7.47. The number of rotatable bonds is 6. The molecule has 0 amide bonds. The van der Waals surface area contributed by atoms with E-state index >= 15 is 0 Å². The van der Waals surface area contributed by atoms with E-state index in [1.54, 1.807) is 18.1 Å². The molecule has 92 valence electrons. The summed E-state index contributed by atoms with van der Waals surface area (Å²) in [6.07, 6.45) is -2.40. The van der Waals surface area contributed by atoms with Crippen LogP contribution in [0, 0.1) is 0 Å². The van der Waals surface area contributed by atoms with Crippen LogP contribution in [-0.2, 0) is 18.2 Å². The van der Waals surface area contributed by atoms with Gasteiger partial charge in [0.1, 0.15) is 6.33 Å². The maximum Gasteiger partial charge on any atom is 0.522 e. The summed E-state index contributed by atoms with van der Waals surface area (Å²) in [7, 11) is 1.75. The fourth-order valence-electron chi connectivity index (χ4n) is 1.06. The van der Waals surface area contributed by atoms with Gasteiger partial charge in [-0.1, -0.05) is 0 Å². The van der Waals surface area contributed by atoms with Crippen molar-refractivity contribution in [3.05, 3.63) is 12.2 Å². The monoisotopic (exact) mass is 238 g/mol. The average Bonchev–Trinajstić information content (AvgIpc) is 2.56. The summed E-state index contributed by atoms with van der Waals surface area (Å²) in [6.45, 7) is 0.275. The summed E-state index contributed by atoms with van der Waals surface area (Å²) < 4.78 is 39.8. The Morgan fingerprint density at radius 1 is 1.44 bits per heavy atom. The van der Waals surface area contributed by atoms with Crippen molar-refractivity contribution in [1.29, 1.82) is 0 Å². The molecule has 0 saturated heterocycles. The lowest BCUT2D eigenvalue weighted by atomic mass is 10.4. The Morgan fingerprint density at radius 3 is 2.75 bits per heavy atom. The number of aromatic nitrogens is 3. The fourth-order valence-corrected chi connectivity index (χ4v) is 1.06. The Morgan fingerprint density at radius 2 is 2.19 bits per heavy atom. The number of alkyl halides is 3. The number of hydrogen-bond acceptors (Lipinski definition) is 4. The van der Waals surface area contributed by atoms with Crippen LogP contribution in [0.5, 0.6) is 0 Å². The first kappa shape index (κ1) is 12.9. The summed E-state index contributed by atoms with van der Waals surface area (Å²) in [5.74, 6) is 0.659. The van der Waals surface area contributed by atoms with Crippen LogP contribution >= 0.6 is 0 Å². The number of nitrogens with one attached hydrogen (secondary N) is 1. The van der Waals surface area contributed by atoms with Gasteiger partial charge >= 0.3 is 6.36 Å². The number of hydrogen-bond donors (Lipinski definition) is 1. The van der Waals surface area contributed by atoms with Gasteiger partial charge in [0.25, 0.3) is 0 Å². The Hall–Kier alpha value is -1.15. The Balaban J connectivity index is 2.00. The quantitative estimate of drug-likeness (QED) is 0.732. The van der Waals surface area contributed by atoms with E-state index in [4.69, 9.17) is 0 Å². The lowest BCUT2D eigenvalue weighted by Gasteiger charge is -2.07. The second-order valence-corrected chi connectivity index (χ2v) is 3.13. The SMILES string of the molecule is Cn1cnc(CCNCCOC(F)(F)F)n1. The van der Waals surface area contributed by atoms with Gasteiger partial charge in [0.15, 0.2) is 5.82 Å². The number of halogens is 3. The number of nitrogens with zero attached hydrogens (tertiary/aromatic N) is 3. The molecule has 0 aromatic carbocycles. The van der Waals surface area contributed by atoms with Crippen LogP contribution in [0.2, 0.25) is 0 Å². The summed E-state index contributed by atoms with van der Waals surface area (Å²) in [5, 5.41) is 6.82. The van der Waals surface area contributed by atoms with Crippen molar-refractivity contribution < 1.29 is 17.9 Å². The topological polar surface area (TPSA) is 52.0 Å². The third-order valence-corrected chi connectivity index (χ3v) is 1.72. The highest BCUT2D eigenvalue weighted by atomic mass is 19.4. The van der Waals surface area contributed by atoms with Gasteiger partial charge in [-0.2, -0.15) is 5.10 Å². The maximum atomic E-state index is 11.6. The summed E-state index contributed by atoms with van der Waals surface area (Å²) in [6, 6.07) is 0. The molecule has 0 fully saturated rings. The van der Waals surface area contributed by atoms with Crippen LogP contribution in [0.4, 0.5) is 13.2 Å². The first-order valence-corrected chi connectivity index (χ1v) is 4.73. The van der Waals surface area contributed by atoms with Gasteiger partial charge in [-0.3, -0.25) is 9.42 Å². The molecule has 0 unspecified atom stereocenters. The van der Waals surface area contributed by atoms with E-state index in [1.807, 2.05) is 0 Å². The molecular formula is C8H13F3N4O. The zero-order valence-corrected chi connectivity index (χ0v) is 8.79. The standard InChI is InChI=1S/C8H13F3N4O/c1-15-6-13-7(14-15)2-3-12-4-5-16-8(9,10)11/h6,12H,2-5H2,1H3. The maximum absolute atomic E-state index is 11.6. The molecule has 0 spiro atoms. The molecule has 0 aliphatic rings. The molecule has 0 aliphatic carbocycles. The van der Waals surface area contributed by atoms with Gasteiger partial charge < -0.3 is 5.32 Å². The first-order valence-electron chi connectivity index (χ1n) is 4.73. The van der Waals surface area contributed by atoms with E-state index in [-0.39, 0.29) is 13.2 Å². The van der Waals surface area contributed by atoms with Gasteiger partial charge in [0, 0.05) is 26.6 Å². The Bertz CT molecular complexity index is 312. The van der Waals surface area contributed by atoms with Gasteiger partial charge in [0.05, 0.1) is 6.61 Å². The molecule has 0 saturated carbocycles. The lowest BCUT2D eigenvalue weighted by molar-refractivity contribution is -0.323. The highest BCUT2D eigenvalue weighted by molar-refractivity contribution is 4.81. The molecule has 1 N–H and O–H groups in total. The lowest BCUT2D eigenvalue weighted by Crippen LogP contribution is -2.26. The third-order valence-electron chi connectivity index (χ3n) is 1.72. The summed E-state index contributed by atoms with van der Waals surface area (Å²) in [4.78, 5) is 3.97. The van der Waals surface area contributed by atoms with E-state index in [0.29, 0.717) is 18.8 Å². The van der Waals surface area contributed by atoms with Crippen LogP contribution in [0.1, 0.15) is 5.82 Å². The normalized spacial score (nSPS) is 12.0. The minimum absolute atomic E-state index is 0.145. The second kappa shape index (κ2) is 5.80. The molecule has 0 bridgehead atoms. The van der Waals surface area contributed by atoms with Crippen molar-refractivity contribution in [1.82, 2.24) is 20.1 Å². The summed E-state index contributed by atoms with van der Waals surface area (Å²) in [5.41, 5.74) is 0. The van der Waals surface area contributed by atoms with Crippen molar-refractivity contribution in [2.75, 3.05) is 19.7 Å². The van der Waals surface area contributed by atoms with Gasteiger partial charge in [-0.05, 0) is 0 Å². The second-order valence-electron chi connectivity index (χ2n) is 3.13. The largest absolute Gasteiger partial charge is 0.522 e. The van der Waals surface area contributed by atoms with Gasteiger partial charge in [-0.15, -0.1) is 13.2 Å². The Labute approximate surface area is 90.6 Å². The van der Waals surface area contributed by atoms with Crippen molar-refractivity contribution >= 4 is 0 Å². The van der Waals surface area contributed by atoms with Crippen LogP contribution in [0.3, 0.4) is 0 Å². The number of aryl methyl sites for hydroxylation is 1. The van der Waals surface area contributed by atoms with E-state index in [0.717, 1.165) is 0 Å². The molecule has 5 nitrogen and oxygen atoms in total. The minimum Gasteiger partial charge on any atom is -0.314 e. The highest BCUT2D eigenvalue weighted by Gasteiger charge is 2.28. The van der Waals surface area contributed by atoms with Gasteiger partial charge in [-0.25, -0.2) is 4.98 Å².